The van der Waals surface area contributed by atoms with E-state index in [1.807, 2.05) is 26.0 Å². The zero-order valence-electron chi connectivity index (χ0n) is 16.8. The highest BCUT2D eigenvalue weighted by molar-refractivity contribution is 7.92. The number of amides is 1. The van der Waals surface area contributed by atoms with Crippen LogP contribution in [0.4, 0.5) is 11.4 Å². The molecular weight excluding hydrogens is 416 g/mol. The fourth-order valence-corrected chi connectivity index (χ4v) is 4.28. The summed E-state index contributed by atoms with van der Waals surface area (Å²) >= 11 is 0. The quantitative estimate of drug-likeness (QED) is 0.382. The molecule has 0 spiro atoms. The average Bonchev–Trinajstić information content (AvgIpc) is 3.10. The Bertz CT molecular complexity index is 1470. The van der Waals surface area contributed by atoms with Gasteiger partial charge in [-0.1, -0.05) is 18.2 Å². The van der Waals surface area contributed by atoms with Gasteiger partial charge in [0.2, 0.25) is 0 Å². The third kappa shape index (κ3) is 4.22. The molecule has 1 aromatic heterocycles. The summed E-state index contributed by atoms with van der Waals surface area (Å²) in [5.41, 5.74) is 3.52. The van der Waals surface area contributed by atoms with Gasteiger partial charge in [-0.15, -0.1) is 0 Å². The van der Waals surface area contributed by atoms with Crippen molar-refractivity contribution in [2.75, 3.05) is 10.0 Å². The molecule has 8 nitrogen and oxygen atoms in total. The van der Waals surface area contributed by atoms with Gasteiger partial charge in [0.15, 0.2) is 0 Å². The molecule has 31 heavy (non-hydrogen) atoms. The van der Waals surface area contributed by atoms with Crippen molar-refractivity contribution in [3.63, 3.8) is 0 Å². The van der Waals surface area contributed by atoms with Crippen LogP contribution in [0.1, 0.15) is 21.5 Å². The molecule has 0 bridgehead atoms. The number of anilines is 2. The Labute approximate surface area is 178 Å². The van der Waals surface area contributed by atoms with Crippen LogP contribution in [0.25, 0.3) is 11.0 Å². The molecule has 0 aliphatic heterocycles. The number of aryl methyl sites for hydroxylation is 2. The molecule has 0 aliphatic carbocycles. The minimum absolute atomic E-state index is 0.0420. The third-order valence-electron chi connectivity index (χ3n) is 4.98. The van der Waals surface area contributed by atoms with Crippen molar-refractivity contribution in [2.24, 2.45) is 0 Å². The van der Waals surface area contributed by atoms with E-state index in [1.54, 1.807) is 24.3 Å². The number of hydrogen-bond acceptors (Lipinski definition) is 4. The van der Waals surface area contributed by atoms with Gasteiger partial charge in [-0.25, -0.2) is 13.2 Å². The molecule has 0 saturated carbocycles. The van der Waals surface area contributed by atoms with Crippen LogP contribution in [0.15, 0.2) is 70.4 Å². The van der Waals surface area contributed by atoms with Crippen LogP contribution in [-0.2, 0) is 10.0 Å². The van der Waals surface area contributed by atoms with Gasteiger partial charge in [-0.05, 0) is 67.4 Å². The highest BCUT2D eigenvalue weighted by Gasteiger charge is 2.19. The summed E-state index contributed by atoms with van der Waals surface area (Å²) in [5, 5.41) is 2.80. The van der Waals surface area contributed by atoms with Crippen molar-refractivity contribution in [3.8, 4) is 0 Å². The number of hydrogen-bond donors (Lipinski definition) is 4. The van der Waals surface area contributed by atoms with Gasteiger partial charge in [0.1, 0.15) is 0 Å². The van der Waals surface area contributed by atoms with Gasteiger partial charge < -0.3 is 15.3 Å². The van der Waals surface area contributed by atoms with Gasteiger partial charge in [-0.2, -0.15) is 0 Å². The fourth-order valence-electron chi connectivity index (χ4n) is 3.17. The number of nitrogens with one attached hydrogen (secondary N) is 4. The lowest BCUT2D eigenvalue weighted by molar-refractivity contribution is 0.102. The number of carbonyl (C=O) groups excluding carboxylic acids is 1. The van der Waals surface area contributed by atoms with Gasteiger partial charge in [0.25, 0.3) is 15.9 Å². The minimum atomic E-state index is -4.00. The van der Waals surface area contributed by atoms with Crippen LogP contribution < -0.4 is 15.7 Å². The third-order valence-corrected chi connectivity index (χ3v) is 6.34. The highest BCUT2D eigenvalue weighted by Crippen LogP contribution is 2.23. The van der Waals surface area contributed by atoms with Gasteiger partial charge in [0, 0.05) is 5.69 Å². The SMILES string of the molecule is Cc1ccc(NC(=O)c2ccccc2NS(=O)(=O)c2ccc3[nH]c(=O)[nH]c3c2)cc1C. The van der Waals surface area contributed by atoms with E-state index in [1.165, 1.54) is 24.3 Å². The zero-order chi connectivity index (χ0) is 22.2. The van der Waals surface area contributed by atoms with Crippen molar-refractivity contribution in [1.82, 2.24) is 9.97 Å². The number of rotatable bonds is 5. The molecule has 0 radical (unpaired) electrons. The largest absolute Gasteiger partial charge is 0.323 e. The second kappa shape index (κ2) is 7.77. The van der Waals surface area contributed by atoms with E-state index in [2.05, 4.69) is 20.0 Å². The van der Waals surface area contributed by atoms with E-state index in [4.69, 9.17) is 0 Å². The molecule has 0 aliphatic rings. The minimum Gasteiger partial charge on any atom is -0.322 e. The fraction of sp³-hybridized carbons (Fsp3) is 0.0909. The maximum absolute atomic E-state index is 12.9. The van der Waals surface area contributed by atoms with Gasteiger partial charge >= 0.3 is 5.69 Å². The van der Waals surface area contributed by atoms with Crippen molar-refractivity contribution in [2.45, 2.75) is 18.7 Å². The zero-order valence-corrected chi connectivity index (χ0v) is 17.6. The van der Waals surface area contributed by atoms with Crippen molar-refractivity contribution >= 4 is 38.3 Å². The number of benzene rings is 3. The first-order chi connectivity index (χ1) is 14.7. The van der Waals surface area contributed by atoms with Crippen LogP contribution in [0.3, 0.4) is 0 Å². The summed E-state index contributed by atoms with van der Waals surface area (Å²) in [5.74, 6) is -0.438. The monoisotopic (exact) mass is 436 g/mol. The number of sulfonamides is 1. The highest BCUT2D eigenvalue weighted by atomic mass is 32.2. The van der Waals surface area contributed by atoms with E-state index >= 15 is 0 Å². The molecular formula is C22H20N4O4S. The van der Waals surface area contributed by atoms with E-state index in [-0.39, 0.29) is 16.1 Å². The lowest BCUT2D eigenvalue weighted by atomic mass is 10.1. The van der Waals surface area contributed by atoms with Crippen molar-refractivity contribution in [3.05, 3.63) is 87.8 Å². The number of aromatic nitrogens is 2. The number of para-hydroxylation sites is 1. The van der Waals surface area contributed by atoms with Gasteiger partial charge in [-0.3, -0.25) is 9.52 Å². The molecule has 4 N–H and O–H groups in total. The first-order valence-corrected chi connectivity index (χ1v) is 10.9. The number of aromatic amines is 2. The summed E-state index contributed by atoms with van der Waals surface area (Å²) in [6.45, 7) is 3.92. The van der Waals surface area contributed by atoms with E-state index in [9.17, 15) is 18.0 Å². The van der Waals surface area contributed by atoms with Crippen LogP contribution in [0.5, 0.6) is 0 Å². The summed E-state index contributed by atoms with van der Waals surface area (Å²) in [4.78, 5) is 29.3. The first kappa shape index (κ1) is 20.4. The van der Waals surface area contributed by atoms with Crippen molar-refractivity contribution < 1.29 is 13.2 Å². The molecule has 1 amide bonds. The second-order valence-electron chi connectivity index (χ2n) is 7.19. The maximum atomic E-state index is 12.9. The molecule has 0 atom stereocenters. The predicted molar refractivity (Wildman–Crippen MR) is 120 cm³/mol. The summed E-state index contributed by atoms with van der Waals surface area (Å²) in [7, 11) is -4.00. The molecule has 0 saturated heterocycles. The molecule has 0 fully saturated rings. The average molecular weight is 436 g/mol. The van der Waals surface area contributed by atoms with Gasteiger partial charge in [0.05, 0.1) is 27.2 Å². The molecule has 4 rings (SSSR count). The van der Waals surface area contributed by atoms with E-state index < -0.39 is 21.6 Å². The lowest BCUT2D eigenvalue weighted by Crippen LogP contribution is -2.18. The maximum Gasteiger partial charge on any atom is 0.323 e. The summed E-state index contributed by atoms with van der Waals surface area (Å²) in [6.07, 6.45) is 0. The second-order valence-corrected chi connectivity index (χ2v) is 8.87. The number of H-pyrrole nitrogens is 2. The molecule has 0 unspecified atom stereocenters. The van der Waals surface area contributed by atoms with Crippen LogP contribution in [0.2, 0.25) is 0 Å². The molecule has 1 heterocycles. The Morgan fingerprint density at radius 2 is 1.61 bits per heavy atom. The summed E-state index contributed by atoms with van der Waals surface area (Å²) in [6, 6.07) is 16.1. The van der Waals surface area contributed by atoms with Crippen LogP contribution in [0, 0.1) is 13.8 Å². The van der Waals surface area contributed by atoms with Crippen LogP contribution in [-0.4, -0.2) is 24.3 Å². The first-order valence-electron chi connectivity index (χ1n) is 9.45. The molecule has 9 heteroatoms. The Morgan fingerprint density at radius 3 is 2.39 bits per heavy atom. The Balaban J connectivity index is 1.63. The summed E-state index contributed by atoms with van der Waals surface area (Å²) < 4.78 is 28.3. The Kier molecular flexibility index (Phi) is 5.12. The molecule has 3 aromatic carbocycles. The normalized spacial score (nSPS) is 11.4. The molecule has 4 aromatic rings. The van der Waals surface area contributed by atoms with E-state index in [0.29, 0.717) is 16.7 Å². The standard InChI is InChI=1S/C22H20N4O4S/c1-13-7-8-15(11-14(13)2)23-21(27)17-5-3-4-6-18(17)26-31(29,30)16-9-10-19-20(12-16)25-22(28)24-19/h3-12,26H,1-2H3,(H,23,27)(H2,24,25,28). The predicted octanol–water partition coefficient (Wildman–Crippen LogP) is 3.53. The van der Waals surface area contributed by atoms with Crippen LogP contribution >= 0.6 is 0 Å². The lowest BCUT2D eigenvalue weighted by Gasteiger charge is -2.13. The Hall–Kier alpha value is -3.85. The van der Waals surface area contributed by atoms with Crippen molar-refractivity contribution in [1.29, 1.82) is 0 Å². The van der Waals surface area contributed by atoms with E-state index in [0.717, 1.165) is 11.1 Å². The number of carbonyl (C=O) groups is 1. The smallest absolute Gasteiger partial charge is 0.322 e. The Morgan fingerprint density at radius 1 is 0.871 bits per heavy atom. The number of fused-ring (bicyclic) bond motifs is 1. The number of imidazole rings is 1. The topological polar surface area (TPSA) is 124 Å². The molecule has 158 valence electrons.